The molecule has 24 heavy (non-hydrogen) atoms. The lowest BCUT2D eigenvalue weighted by Gasteiger charge is -2.31. The molecule has 1 aromatic carbocycles. The highest BCUT2D eigenvalue weighted by Crippen LogP contribution is 2.30. The van der Waals surface area contributed by atoms with Gasteiger partial charge in [0.2, 0.25) is 10.0 Å². The maximum Gasteiger partial charge on any atom is 0.416 e. The molecule has 0 unspecified atom stereocenters. The largest absolute Gasteiger partial charge is 0.416 e. The van der Waals surface area contributed by atoms with Crippen LogP contribution in [-0.4, -0.2) is 52.1 Å². The van der Waals surface area contributed by atoms with Gasteiger partial charge in [0, 0.05) is 6.61 Å². The monoisotopic (exact) mass is 369 g/mol. The van der Waals surface area contributed by atoms with E-state index in [2.05, 4.69) is 4.72 Å². The molecule has 1 aliphatic heterocycles. The van der Waals surface area contributed by atoms with Crippen LogP contribution in [-0.2, 0) is 25.7 Å². The Morgan fingerprint density at radius 3 is 2.79 bits per heavy atom. The first kappa shape index (κ1) is 19.1. The van der Waals surface area contributed by atoms with Crippen molar-refractivity contribution in [1.29, 1.82) is 0 Å². The highest BCUT2D eigenvalue weighted by Gasteiger charge is 2.34. The van der Waals surface area contributed by atoms with Gasteiger partial charge >= 0.3 is 6.18 Å². The van der Waals surface area contributed by atoms with Crippen molar-refractivity contribution in [2.45, 2.75) is 29.6 Å². The highest BCUT2D eigenvalue weighted by atomic mass is 32.2. The minimum Gasteiger partial charge on any atom is -0.394 e. The minimum absolute atomic E-state index is 0.0342. The van der Waals surface area contributed by atoms with E-state index in [4.69, 9.17) is 14.6 Å². The Kier molecular flexibility index (Phi) is 6.21. The first-order valence-corrected chi connectivity index (χ1v) is 8.72. The van der Waals surface area contributed by atoms with Gasteiger partial charge in [-0.3, -0.25) is 0 Å². The van der Waals surface area contributed by atoms with Crippen LogP contribution < -0.4 is 4.72 Å². The van der Waals surface area contributed by atoms with Crippen LogP contribution in [0, 0.1) is 0 Å². The smallest absolute Gasteiger partial charge is 0.394 e. The summed E-state index contributed by atoms with van der Waals surface area (Å²) in [4.78, 5) is -0.483. The van der Waals surface area contributed by atoms with Gasteiger partial charge in [0.05, 0.1) is 42.4 Å². The fourth-order valence-electron chi connectivity index (χ4n) is 2.34. The second-order valence-electron chi connectivity index (χ2n) is 5.25. The summed E-state index contributed by atoms with van der Waals surface area (Å²) >= 11 is 0. The number of rotatable bonds is 6. The number of halogens is 3. The molecule has 0 amide bonds. The number of sulfonamides is 1. The number of alkyl halides is 3. The lowest BCUT2D eigenvalue weighted by molar-refractivity contribution is -0.137. The summed E-state index contributed by atoms with van der Waals surface area (Å²) in [5, 5.41) is 8.80. The van der Waals surface area contributed by atoms with Crippen LogP contribution in [0.4, 0.5) is 13.2 Å². The zero-order chi connectivity index (χ0) is 17.8. The summed E-state index contributed by atoms with van der Waals surface area (Å²) in [6.45, 7) is 0.225. The molecule has 0 aromatic heterocycles. The summed E-state index contributed by atoms with van der Waals surface area (Å²) in [6, 6.07) is 2.76. The summed E-state index contributed by atoms with van der Waals surface area (Å²) < 4.78 is 75.8. The van der Waals surface area contributed by atoms with Crippen molar-refractivity contribution >= 4 is 10.0 Å². The quantitative estimate of drug-likeness (QED) is 0.786. The van der Waals surface area contributed by atoms with Crippen molar-refractivity contribution in [2.75, 3.05) is 26.4 Å². The number of nitrogens with one attached hydrogen (secondary N) is 1. The zero-order valence-electron chi connectivity index (χ0n) is 12.6. The second kappa shape index (κ2) is 7.79. The van der Waals surface area contributed by atoms with Crippen molar-refractivity contribution in [3.63, 3.8) is 0 Å². The fourth-order valence-corrected chi connectivity index (χ4v) is 3.63. The number of aliphatic hydroxyl groups is 1. The van der Waals surface area contributed by atoms with Crippen molar-refractivity contribution in [3.05, 3.63) is 29.8 Å². The molecule has 0 aliphatic carbocycles. The van der Waals surface area contributed by atoms with E-state index in [9.17, 15) is 21.6 Å². The third-order valence-electron chi connectivity index (χ3n) is 3.49. The number of aliphatic hydroxyl groups excluding tert-OH is 1. The van der Waals surface area contributed by atoms with E-state index in [1.54, 1.807) is 0 Å². The normalized spacial score (nSPS) is 22.5. The Morgan fingerprint density at radius 1 is 1.38 bits per heavy atom. The van der Waals surface area contributed by atoms with E-state index in [1.807, 2.05) is 0 Å². The Labute approximate surface area is 137 Å². The Bertz CT molecular complexity index is 650. The Morgan fingerprint density at radius 2 is 2.12 bits per heavy atom. The summed E-state index contributed by atoms with van der Waals surface area (Å²) in [7, 11) is -4.17. The molecule has 0 spiro atoms. The molecular formula is C14H18F3NO5S. The van der Waals surface area contributed by atoms with Gasteiger partial charge < -0.3 is 14.6 Å². The predicted molar refractivity (Wildman–Crippen MR) is 77.8 cm³/mol. The molecule has 2 atom stereocenters. The maximum absolute atomic E-state index is 12.7. The Balaban J connectivity index is 2.17. The van der Waals surface area contributed by atoms with Crippen LogP contribution >= 0.6 is 0 Å². The van der Waals surface area contributed by atoms with E-state index in [1.165, 1.54) is 0 Å². The van der Waals surface area contributed by atoms with Gasteiger partial charge in [-0.15, -0.1) is 0 Å². The number of hydrogen-bond donors (Lipinski definition) is 2. The molecule has 1 heterocycles. The molecule has 1 fully saturated rings. The van der Waals surface area contributed by atoms with Crippen LogP contribution in [0.2, 0.25) is 0 Å². The van der Waals surface area contributed by atoms with Crippen molar-refractivity contribution in [2.24, 2.45) is 0 Å². The van der Waals surface area contributed by atoms with Crippen LogP contribution in [0.25, 0.3) is 0 Å². The summed E-state index contributed by atoms with van der Waals surface area (Å²) in [6.07, 6.45) is -4.74. The van der Waals surface area contributed by atoms with Gasteiger partial charge in [0.15, 0.2) is 0 Å². The third-order valence-corrected chi connectivity index (χ3v) is 4.98. The average molecular weight is 369 g/mol. The molecule has 0 radical (unpaired) electrons. The Hall–Kier alpha value is -1.20. The SMILES string of the molecule is O=S(=O)(N[C@H]1COCC[C@H]1OCCO)c1cccc(C(F)(F)F)c1. The van der Waals surface area contributed by atoms with Crippen LogP contribution in [0.15, 0.2) is 29.2 Å². The van der Waals surface area contributed by atoms with Gasteiger partial charge in [0.1, 0.15) is 0 Å². The molecular weight excluding hydrogens is 351 g/mol. The van der Waals surface area contributed by atoms with Gasteiger partial charge in [-0.25, -0.2) is 13.1 Å². The van der Waals surface area contributed by atoms with Gasteiger partial charge in [-0.2, -0.15) is 13.2 Å². The van der Waals surface area contributed by atoms with E-state index < -0.39 is 38.8 Å². The maximum atomic E-state index is 12.7. The van der Waals surface area contributed by atoms with E-state index in [0.717, 1.165) is 18.2 Å². The highest BCUT2D eigenvalue weighted by molar-refractivity contribution is 7.89. The molecule has 1 saturated heterocycles. The molecule has 0 saturated carbocycles. The third kappa shape index (κ3) is 4.90. The average Bonchev–Trinajstić information content (AvgIpc) is 2.53. The lowest BCUT2D eigenvalue weighted by Crippen LogP contribution is -2.50. The molecule has 1 aliphatic rings. The van der Waals surface area contributed by atoms with E-state index in [-0.39, 0.29) is 19.8 Å². The van der Waals surface area contributed by atoms with Crippen LogP contribution in [0.3, 0.4) is 0 Å². The van der Waals surface area contributed by atoms with E-state index >= 15 is 0 Å². The van der Waals surface area contributed by atoms with Crippen LogP contribution in [0.1, 0.15) is 12.0 Å². The fraction of sp³-hybridized carbons (Fsp3) is 0.571. The molecule has 1 aromatic rings. The van der Waals surface area contributed by atoms with Crippen molar-refractivity contribution < 1.29 is 36.2 Å². The lowest BCUT2D eigenvalue weighted by atomic mass is 10.1. The molecule has 136 valence electrons. The first-order chi connectivity index (χ1) is 11.2. The van der Waals surface area contributed by atoms with Crippen molar-refractivity contribution in [3.8, 4) is 0 Å². The number of hydrogen-bond acceptors (Lipinski definition) is 5. The number of benzene rings is 1. The zero-order valence-corrected chi connectivity index (χ0v) is 13.4. The molecule has 10 heteroatoms. The first-order valence-electron chi connectivity index (χ1n) is 7.24. The predicted octanol–water partition coefficient (Wildman–Crippen LogP) is 1.15. The molecule has 2 rings (SSSR count). The molecule has 0 bridgehead atoms. The number of ether oxygens (including phenoxy) is 2. The van der Waals surface area contributed by atoms with Gasteiger partial charge in [0.25, 0.3) is 0 Å². The van der Waals surface area contributed by atoms with Gasteiger partial charge in [-0.05, 0) is 24.6 Å². The van der Waals surface area contributed by atoms with Crippen molar-refractivity contribution in [1.82, 2.24) is 4.72 Å². The second-order valence-corrected chi connectivity index (χ2v) is 6.96. The summed E-state index contributed by atoms with van der Waals surface area (Å²) in [5.41, 5.74) is -1.04. The topological polar surface area (TPSA) is 84.9 Å². The van der Waals surface area contributed by atoms with Crippen LogP contribution in [0.5, 0.6) is 0 Å². The molecule has 2 N–H and O–H groups in total. The minimum atomic E-state index is -4.63. The van der Waals surface area contributed by atoms with E-state index in [0.29, 0.717) is 19.1 Å². The molecule has 6 nitrogen and oxygen atoms in total. The summed E-state index contributed by atoms with van der Waals surface area (Å²) in [5.74, 6) is 0. The van der Waals surface area contributed by atoms with Gasteiger partial charge in [-0.1, -0.05) is 6.07 Å². The standard InChI is InChI=1S/C14H18F3NO5S/c15-14(16,17)10-2-1-3-11(8-10)24(20,21)18-12-9-22-6-4-13(12)23-7-5-19/h1-3,8,12-13,18-19H,4-7,9H2/t12-,13+/m0/s1.